The van der Waals surface area contributed by atoms with Gasteiger partial charge in [-0.1, -0.05) is 35.5 Å². The third kappa shape index (κ3) is 5.23. The Kier molecular flexibility index (Phi) is 7.35. The number of rotatable bonds is 6. The number of benzene rings is 2. The van der Waals surface area contributed by atoms with Gasteiger partial charge in [-0.15, -0.1) is 0 Å². The number of aromatic nitrogens is 2. The van der Waals surface area contributed by atoms with Crippen LogP contribution in [0.1, 0.15) is 36.2 Å². The molecular weight excluding hydrogens is 462 g/mol. The highest BCUT2D eigenvalue weighted by atomic mass is 35.5. The fourth-order valence-electron chi connectivity index (χ4n) is 3.92. The number of ether oxygens (including phenoxy) is 1. The van der Waals surface area contributed by atoms with Crippen molar-refractivity contribution in [2.45, 2.75) is 31.0 Å². The predicted molar refractivity (Wildman–Crippen MR) is 129 cm³/mol. The van der Waals surface area contributed by atoms with Crippen LogP contribution in [0.3, 0.4) is 0 Å². The lowest BCUT2D eigenvalue weighted by Gasteiger charge is -2.33. The Hall–Kier alpha value is -2.84. The molecule has 4 rings (SSSR count). The fraction of sp³-hybridized carbons (Fsp3) is 0.333. The molecule has 172 valence electrons. The highest BCUT2D eigenvalue weighted by Crippen LogP contribution is 2.28. The number of fused-ring (bicyclic) bond motifs is 1. The summed E-state index contributed by atoms with van der Waals surface area (Å²) in [5.74, 6) is 0.0800. The molecule has 1 fully saturated rings. The summed E-state index contributed by atoms with van der Waals surface area (Å²) in [7, 11) is 0. The number of amides is 1. The third-order valence-electron chi connectivity index (χ3n) is 5.63. The van der Waals surface area contributed by atoms with Gasteiger partial charge < -0.3 is 9.64 Å². The zero-order valence-electron chi connectivity index (χ0n) is 18.2. The van der Waals surface area contributed by atoms with Gasteiger partial charge in [0, 0.05) is 29.7 Å². The maximum Gasteiger partial charge on any atom is 0.409 e. The van der Waals surface area contributed by atoms with E-state index in [0.717, 1.165) is 0 Å². The number of carbonyl (C=O) groups excluding carboxylic acids is 2. The molecule has 33 heavy (non-hydrogen) atoms. The first-order chi connectivity index (χ1) is 16.0. The van der Waals surface area contributed by atoms with E-state index >= 15 is 0 Å². The minimum absolute atomic E-state index is 0.0669. The normalized spacial score (nSPS) is 14.4. The van der Waals surface area contributed by atoms with Gasteiger partial charge in [0.15, 0.2) is 10.9 Å². The molecule has 1 aliphatic rings. The second kappa shape index (κ2) is 10.4. The van der Waals surface area contributed by atoms with Crippen LogP contribution in [0.25, 0.3) is 10.9 Å². The molecule has 1 aliphatic heterocycles. The van der Waals surface area contributed by atoms with Crippen LogP contribution in [-0.4, -0.2) is 51.8 Å². The van der Waals surface area contributed by atoms with Crippen molar-refractivity contribution in [3.8, 4) is 0 Å². The van der Waals surface area contributed by atoms with E-state index in [1.807, 2.05) is 12.1 Å². The minimum atomic E-state index is -0.330. The molecule has 1 saturated heterocycles. The average Bonchev–Trinajstić information content (AvgIpc) is 2.83. The molecule has 1 amide bonds. The summed E-state index contributed by atoms with van der Waals surface area (Å²) in [5.41, 5.74) is 1.03. The summed E-state index contributed by atoms with van der Waals surface area (Å²) < 4.78 is 6.80. The number of likely N-dealkylation sites (tertiary alicyclic amines) is 1. The van der Waals surface area contributed by atoms with Crippen molar-refractivity contribution < 1.29 is 14.3 Å². The number of Topliss-reactive ketones (excluding diaryl/α,β-unsaturated/α-hetero) is 1. The van der Waals surface area contributed by atoms with E-state index in [1.54, 1.807) is 52.8 Å². The predicted octanol–water partition coefficient (Wildman–Crippen LogP) is 4.82. The summed E-state index contributed by atoms with van der Waals surface area (Å²) in [5, 5.41) is 1.62. The van der Waals surface area contributed by atoms with E-state index in [-0.39, 0.29) is 29.2 Å². The number of ketones is 1. The number of carbonyl (C=O) groups is 2. The lowest BCUT2D eigenvalue weighted by Crippen LogP contribution is -2.41. The second-order valence-corrected chi connectivity index (χ2v) is 9.10. The second-order valence-electron chi connectivity index (χ2n) is 7.72. The van der Waals surface area contributed by atoms with Crippen LogP contribution in [0.4, 0.5) is 4.79 Å². The van der Waals surface area contributed by atoms with Gasteiger partial charge in [-0.2, -0.15) is 0 Å². The summed E-state index contributed by atoms with van der Waals surface area (Å²) >= 11 is 7.18. The van der Waals surface area contributed by atoms with Crippen molar-refractivity contribution in [2.24, 2.45) is 0 Å². The molecule has 2 heterocycles. The van der Waals surface area contributed by atoms with E-state index in [2.05, 4.69) is 0 Å². The van der Waals surface area contributed by atoms with Gasteiger partial charge in [0.1, 0.15) is 0 Å². The van der Waals surface area contributed by atoms with Crippen molar-refractivity contribution in [1.29, 1.82) is 0 Å². The number of para-hydroxylation sites is 1. The molecule has 0 unspecified atom stereocenters. The van der Waals surface area contributed by atoms with Crippen molar-refractivity contribution in [1.82, 2.24) is 14.5 Å². The molecule has 3 aromatic rings. The number of hydrogen-bond donors (Lipinski definition) is 0. The molecule has 1 aromatic heterocycles. The van der Waals surface area contributed by atoms with Gasteiger partial charge in [0.05, 0.1) is 23.3 Å². The number of thioether (sulfide) groups is 1. The molecule has 0 radical (unpaired) electrons. The standard InChI is InChI=1S/C24H24ClN3O4S/c1-2-32-24(31)27-13-11-18(12-14-27)28-22(30)19-5-3-4-6-20(19)26-23(28)33-15-21(29)16-7-9-17(25)10-8-16/h3-10,18H,2,11-15H2,1H3. The molecule has 0 aliphatic carbocycles. The van der Waals surface area contributed by atoms with Crippen LogP contribution >= 0.6 is 23.4 Å². The van der Waals surface area contributed by atoms with Crippen LogP contribution in [0.2, 0.25) is 5.02 Å². The first-order valence-electron chi connectivity index (χ1n) is 10.8. The first kappa shape index (κ1) is 23.3. The zero-order valence-corrected chi connectivity index (χ0v) is 19.8. The van der Waals surface area contributed by atoms with Crippen LogP contribution in [-0.2, 0) is 4.74 Å². The van der Waals surface area contributed by atoms with Crippen LogP contribution in [0.15, 0.2) is 58.5 Å². The third-order valence-corrected chi connectivity index (χ3v) is 6.83. The quantitative estimate of drug-likeness (QED) is 0.283. The fourth-order valence-corrected chi connectivity index (χ4v) is 5.01. The summed E-state index contributed by atoms with van der Waals surface area (Å²) in [4.78, 5) is 44.6. The molecule has 7 nitrogen and oxygen atoms in total. The summed E-state index contributed by atoms with van der Waals surface area (Å²) in [6.45, 7) is 3.10. The van der Waals surface area contributed by atoms with Gasteiger partial charge in [-0.05, 0) is 56.2 Å². The first-order valence-corrected chi connectivity index (χ1v) is 12.2. The van der Waals surface area contributed by atoms with E-state index in [0.29, 0.717) is 59.2 Å². The lowest BCUT2D eigenvalue weighted by molar-refractivity contribution is 0.0914. The van der Waals surface area contributed by atoms with Gasteiger partial charge in [0.2, 0.25) is 0 Å². The Bertz CT molecular complexity index is 1220. The maximum absolute atomic E-state index is 13.4. The Balaban J connectivity index is 1.60. The number of piperidine rings is 1. The topological polar surface area (TPSA) is 81.5 Å². The van der Waals surface area contributed by atoms with Crippen LogP contribution < -0.4 is 5.56 Å². The summed E-state index contributed by atoms with van der Waals surface area (Å²) in [6, 6.07) is 13.8. The Morgan fingerprint density at radius 1 is 1.12 bits per heavy atom. The van der Waals surface area contributed by atoms with Crippen molar-refractivity contribution in [3.63, 3.8) is 0 Å². The van der Waals surface area contributed by atoms with Crippen molar-refractivity contribution in [2.75, 3.05) is 25.4 Å². The van der Waals surface area contributed by atoms with Gasteiger partial charge in [-0.3, -0.25) is 14.2 Å². The van der Waals surface area contributed by atoms with Crippen molar-refractivity contribution in [3.05, 3.63) is 69.5 Å². The van der Waals surface area contributed by atoms with Crippen molar-refractivity contribution >= 4 is 46.1 Å². The minimum Gasteiger partial charge on any atom is -0.450 e. The van der Waals surface area contributed by atoms with Gasteiger partial charge in [0.25, 0.3) is 5.56 Å². The number of halogens is 1. The molecule has 0 N–H and O–H groups in total. The molecule has 0 spiro atoms. The lowest BCUT2D eigenvalue weighted by atomic mass is 10.0. The Morgan fingerprint density at radius 3 is 2.52 bits per heavy atom. The molecule has 0 bridgehead atoms. The highest BCUT2D eigenvalue weighted by molar-refractivity contribution is 7.99. The average molecular weight is 486 g/mol. The Labute approximate surface area is 200 Å². The van der Waals surface area contributed by atoms with E-state index in [1.165, 1.54) is 11.8 Å². The van der Waals surface area contributed by atoms with E-state index in [9.17, 15) is 14.4 Å². The Morgan fingerprint density at radius 2 is 1.82 bits per heavy atom. The zero-order chi connectivity index (χ0) is 23.4. The van der Waals surface area contributed by atoms with Gasteiger partial charge >= 0.3 is 6.09 Å². The molecule has 0 saturated carbocycles. The number of nitrogens with zero attached hydrogens (tertiary/aromatic N) is 3. The molecule has 0 atom stereocenters. The van der Waals surface area contributed by atoms with Gasteiger partial charge in [-0.25, -0.2) is 9.78 Å². The highest BCUT2D eigenvalue weighted by Gasteiger charge is 2.28. The molecular formula is C24H24ClN3O4S. The maximum atomic E-state index is 13.4. The SMILES string of the molecule is CCOC(=O)N1CCC(n2c(SCC(=O)c3ccc(Cl)cc3)nc3ccccc3c2=O)CC1. The molecule has 2 aromatic carbocycles. The monoisotopic (exact) mass is 485 g/mol. The van der Waals surface area contributed by atoms with E-state index < -0.39 is 0 Å². The molecule has 9 heteroatoms. The van der Waals surface area contributed by atoms with Crippen LogP contribution in [0, 0.1) is 0 Å². The van der Waals surface area contributed by atoms with Crippen LogP contribution in [0.5, 0.6) is 0 Å². The number of hydrogen-bond acceptors (Lipinski definition) is 6. The van der Waals surface area contributed by atoms with E-state index in [4.69, 9.17) is 21.3 Å². The smallest absolute Gasteiger partial charge is 0.409 e. The summed E-state index contributed by atoms with van der Waals surface area (Å²) in [6.07, 6.45) is 0.887. The largest absolute Gasteiger partial charge is 0.450 e.